The monoisotopic (exact) mass is 138 g/mol. The molecule has 1 rings (SSSR count). The molecule has 0 saturated heterocycles. The Bertz CT molecular complexity index is 233. The molecule has 0 fully saturated rings. The zero-order chi connectivity index (χ0) is 6.69. The summed E-state index contributed by atoms with van der Waals surface area (Å²) in [5.41, 5.74) is 6.04. The highest BCUT2D eigenvalue weighted by Gasteiger charge is 1.98. The van der Waals surface area contributed by atoms with Crippen molar-refractivity contribution in [1.82, 2.24) is 0 Å². The minimum atomic E-state index is 0.473. The van der Waals surface area contributed by atoms with Gasteiger partial charge in [0.2, 0.25) is 0 Å². The maximum Gasteiger partial charge on any atom is 0.100 e. The Morgan fingerprint density at radius 2 is 2.56 bits per heavy atom. The van der Waals surface area contributed by atoms with Gasteiger partial charge in [0.25, 0.3) is 0 Å². The third-order valence-corrected chi connectivity index (χ3v) is 1.99. The van der Waals surface area contributed by atoms with Crippen LogP contribution < -0.4 is 5.73 Å². The van der Waals surface area contributed by atoms with Gasteiger partial charge in [-0.1, -0.05) is 0 Å². The molecule has 0 spiro atoms. The summed E-state index contributed by atoms with van der Waals surface area (Å²) in [5, 5.41) is 10.3. The van der Waals surface area contributed by atoms with E-state index >= 15 is 0 Å². The molecule has 0 aliphatic rings. The van der Waals surface area contributed by atoms with Crippen molar-refractivity contribution in [2.45, 2.75) is 6.54 Å². The standard InChI is InChI=1S/C6H6N2S/c7-3-5-1-2-9-6(5)4-8/h1-2H,4,8H2. The van der Waals surface area contributed by atoms with Crippen molar-refractivity contribution < 1.29 is 0 Å². The lowest BCUT2D eigenvalue weighted by atomic mass is 10.3. The number of rotatable bonds is 1. The molecule has 9 heavy (non-hydrogen) atoms. The van der Waals surface area contributed by atoms with E-state index in [4.69, 9.17) is 11.0 Å². The molecule has 2 N–H and O–H groups in total. The van der Waals surface area contributed by atoms with Gasteiger partial charge >= 0.3 is 0 Å². The topological polar surface area (TPSA) is 49.8 Å². The molecule has 1 aromatic heterocycles. The van der Waals surface area contributed by atoms with E-state index in [1.54, 1.807) is 6.07 Å². The van der Waals surface area contributed by atoms with Crippen LogP contribution in [0, 0.1) is 11.3 Å². The molecule has 0 saturated carbocycles. The molecule has 0 atom stereocenters. The Hall–Kier alpha value is -0.850. The van der Waals surface area contributed by atoms with Crippen LogP contribution in [0.1, 0.15) is 10.4 Å². The Morgan fingerprint density at radius 3 is 3.00 bits per heavy atom. The van der Waals surface area contributed by atoms with Gasteiger partial charge in [0.1, 0.15) is 6.07 Å². The predicted molar refractivity (Wildman–Crippen MR) is 36.9 cm³/mol. The quantitative estimate of drug-likeness (QED) is 0.631. The van der Waals surface area contributed by atoms with Crippen molar-refractivity contribution >= 4 is 11.3 Å². The van der Waals surface area contributed by atoms with Gasteiger partial charge in [-0.05, 0) is 11.4 Å². The maximum atomic E-state index is 8.44. The fraction of sp³-hybridized carbons (Fsp3) is 0.167. The number of nitrogens with two attached hydrogens (primary N) is 1. The van der Waals surface area contributed by atoms with E-state index < -0.39 is 0 Å². The fourth-order valence-electron chi connectivity index (χ4n) is 0.598. The van der Waals surface area contributed by atoms with Crippen LogP contribution in [0.15, 0.2) is 11.4 Å². The average molecular weight is 138 g/mol. The zero-order valence-corrected chi connectivity index (χ0v) is 5.61. The minimum Gasteiger partial charge on any atom is -0.326 e. The molecule has 0 amide bonds. The van der Waals surface area contributed by atoms with Gasteiger partial charge in [0.05, 0.1) is 5.56 Å². The van der Waals surface area contributed by atoms with Gasteiger partial charge in [-0.3, -0.25) is 0 Å². The Balaban J connectivity index is 3.02. The second-order valence-corrected chi connectivity index (χ2v) is 2.57. The van der Waals surface area contributed by atoms with Crippen LogP contribution in [-0.2, 0) is 6.54 Å². The van der Waals surface area contributed by atoms with E-state index in [9.17, 15) is 0 Å². The molecule has 0 unspecified atom stereocenters. The van der Waals surface area contributed by atoms with Crippen molar-refractivity contribution in [3.8, 4) is 6.07 Å². The normalized spacial score (nSPS) is 8.89. The van der Waals surface area contributed by atoms with E-state index in [2.05, 4.69) is 6.07 Å². The van der Waals surface area contributed by atoms with Gasteiger partial charge in [-0.15, -0.1) is 11.3 Å². The van der Waals surface area contributed by atoms with Crippen molar-refractivity contribution in [3.63, 3.8) is 0 Å². The second kappa shape index (κ2) is 2.62. The fourth-order valence-corrected chi connectivity index (χ4v) is 1.30. The van der Waals surface area contributed by atoms with Crippen LogP contribution >= 0.6 is 11.3 Å². The third-order valence-electron chi connectivity index (χ3n) is 1.05. The molecule has 1 aromatic rings. The molecular formula is C6H6N2S. The summed E-state index contributed by atoms with van der Waals surface area (Å²) in [6.07, 6.45) is 0. The van der Waals surface area contributed by atoms with Crippen LogP contribution in [0.3, 0.4) is 0 Å². The van der Waals surface area contributed by atoms with E-state index in [1.807, 2.05) is 5.38 Å². The van der Waals surface area contributed by atoms with Crippen LogP contribution in [0.5, 0.6) is 0 Å². The first-order valence-corrected chi connectivity index (χ1v) is 3.43. The highest BCUT2D eigenvalue weighted by atomic mass is 32.1. The van der Waals surface area contributed by atoms with Crippen molar-refractivity contribution in [2.75, 3.05) is 0 Å². The highest BCUT2D eigenvalue weighted by Crippen LogP contribution is 2.13. The third kappa shape index (κ3) is 1.10. The highest BCUT2D eigenvalue weighted by molar-refractivity contribution is 7.10. The van der Waals surface area contributed by atoms with E-state index in [1.165, 1.54) is 11.3 Å². The summed E-state index contributed by atoms with van der Waals surface area (Å²) in [7, 11) is 0. The van der Waals surface area contributed by atoms with Crippen LogP contribution in [0.4, 0.5) is 0 Å². The smallest absolute Gasteiger partial charge is 0.100 e. The maximum absolute atomic E-state index is 8.44. The summed E-state index contributed by atoms with van der Waals surface area (Å²) < 4.78 is 0. The lowest BCUT2D eigenvalue weighted by molar-refractivity contribution is 1.10. The summed E-state index contributed by atoms with van der Waals surface area (Å²) in [6, 6.07) is 3.84. The van der Waals surface area contributed by atoms with Crippen LogP contribution in [-0.4, -0.2) is 0 Å². The van der Waals surface area contributed by atoms with Crippen molar-refractivity contribution in [3.05, 3.63) is 21.9 Å². The van der Waals surface area contributed by atoms with E-state index in [0.29, 0.717) is 12.1 Å². The first-order chi connectivity index (χ1) is 4.38. The van der Waals surface area contributed by atoms with Crippen molar-refractivity contribution in [1.29, 1.82) is 5.26 Å². The van der Waals surface area contributed by atoms with Gasteiger partial charge in [0, 0.05) is 11.4 Å². The van der Waals surface area contributed by atoms with E-state index in [-0.39, 0.29) is 0 Å². The molecule has 0 aliphatic carbocycles. The summed E-state index contributed by atoms with van der Waals surface area (Å²) in [4.78, 5) is 0.970. The largest absolute Gasteiger partial charge is 0.326 e. The Morgan fingerprint density at radius 1 is 1.78 bits per heavy atom. The average Bonchev–Trinajstić information content (AvgIpc) is 2.33. The summed E-state index contributed by atoms with van der Waals surface area (Å²) in [5.74, 6) is 0. The predicted octanol–water partition coefficient (Wildman–Crippen LogP) is 1.08. The number of hydrogen-bond acceptors (Lipinski definition) is 3. The molecular weight excluding hydrogens is 132 g/mol. The number of thiophene rings is 1. The first-order valence-electron chi connectivity index (χ1n) is 2.55. The number of nitrogens with zero attached hydrogens (tertiary/aromatic N) is 1. The van der Waals surface area contributed by atoms with Crippen molar-refractivity contribution in [2.24, 2.45) is 5.73 Å². The molecule has 0 radical (unpaired) electrons. The minimum absolute atomic E-state index is 0.473. The molecule has 0 bridgehead atoms. The zero-order valence-electron chi connectivity index (χ0n) is 4.79. The summed E-state index contributed by atoms with van der Waals surface area (Å²) >= 11 is 1.53. The van der Waals surface area contributed by atoms with Gasteiger partial charge in [-0.25, -0.2) is 0 Å². The molecule has 3 heteroatoms. The molecule has 0 aliphatic heterocycles. The van der Waals surface area contributed by atoms with Crippen LogP contribution in [0.25, 0.3) is 0 Å². The summed E-state index contributed by atoms with van der Waals surface area (Å²) in [6.45, 7) is 0.473. The Kier molecular flexibility index (Phi) is 1.83. The SMILES string of the molecule is N#Cc1ccsc1CN. The number of hydrogen-bond donors (Lipinski definition) is 1. The second-order valence-electron chi connectivity index (χ2n) is 1.57. The lowest BCUT2D eigenvalue weighted by Gasteiger charge is -1.85. The molecule has 46 valence electrons. The van der Waals surface area contributed by atoms with Gasteiger partial charge in [-0.2, -0.15) is 5.26 Å². The van der Waals surface area contributed by atoms with Crippen LogP contribution in [0.2, 0.25) is 0 Å². The molecule has 1 heterocycles. The first kappa shape index (κ1) is 6.27. The Labute approximate surface area is 57.5 Å². The molecule has 0 aromatic carbocycles. The van der Waals surface area contributed by atoms with Gasteiger partial charge in [0.15, 0.2) is 0 Å². The lowest BCUT2D eigenvalue weighted by Crippen LogP contribution is -1.94. The number of nitriles is 1. The van der Waals surface area contributed by atoms with Gasteiger partial charge < -0.3 is 5.73 Å². The van der Waals surface area contributed by atoms with E-state index in [0.717, 1.165) is 4.88 Å². The molecule has 2 nitrogen and oxygen atoms in total.